The van der Waals surface area contributed by atoms with Gasteiger partial charge >= 0.3 is 0 Å². The van der Waals surface area contributed by atoms with E-state index in [4.69, 9.17) is 9.47 Å². The van der Waals surface area contributed by atoms with Crippen LogP contribution in [0.25, 0.3) is 16.7 Å². The molecular weight excluding hydrogens is 430 g/mol. The Kier molecular flexibility index (Phi) is 5.78. The Labute approximate surface area is 196 Å². The summed E-state index contributed by atoms with van der Waals surface area (Å²) in [6.45, 7) is 3.95. The van der Waals surface area contributed by atoms with Crippen LogP contribution in [0.5, 0.6) is 17.4 Å². The predicted octanol–water partition coefficient (Wildman–Crippen LogP) is 4.96. The third kappa shape index (κ3) is 4.38. The van der Waals surface area contributed by atoms with Gasteiger partial charge in [0.2, 0.25) is 5.65 Å². The average molecular weight is 454 g/mol. The molecule has 0 fully saturated rings. The molecule has 5 aromatic rings. The van der Waals surface area contributed by atoms with Crippen LogP contribution in [0.1, 0.15) is 18.3 Å². The third-order valence-electron chi connectivity index (χ3n) is 5.33. The number of hydrogen-bond acceptors (Lipinski definition) is 6. The first-order chi connectivity index (χ1) is 16.6. The molecule has 1 amide bonds. The van der Waals surface area contributed by atoms with E-state index in [1.54, 1.807) is 24.3 Å². The molecule has 5 rings (SSSR count). The van der Waals surface area contributed by atoms with Crippen LogP contribution >= 0.6 is 0 Å². The van der Waals surface area contributed by atoms with E-state index < -0.39 is 0 Å². The lowest BCUT2D eigenvalue weighted by molar-refractivity contribution is -0.118. The molecule has 2 aromatic heterocycles. The SMILES string of the molecule is CCc1nnc2c(Oc3ccc(NC(=O)COc4ccc(C)cc4)cc3)nc3ccccc3n12. The number of amides is 1. The first kappa shape index (κ1) is 21.4. The van der Waals surface area contributed by atoms with Crippen molar-refractivity contribution in [2.24, 2.45) is 0 Å². The van der Waals surface area contributed by atoms with Crippen molar-refractivity contribution in [3.05, 3.63) is 84.2 Å². The van der Waals surface area contributed by atoms with Crippen molar-refractivity contribution < 1.29 is 14.3 Å². The second-order valence-electron chi connectivity index (χ2n) is 7.81. The molecule has 8 heteroatoms. The van der Waals surface area contributed by atoms with E-state index in [0.29, 0.717) is 28.7 Å². The number of para-hydroxylation sites is 2. The molecule has 0 aliphatic rings. The number of aryl methyl sites for hydroxylation is 2. The van der Waals surface area contributed by atoms with Gasteiger partial charge in [0.1, 0.15) is 17.3 Å². The number of fused-ring (bicyclic) bond motifs is 3. The number of benzene rings is 3. The number of carbonyl (C=O) groups is 1. The first-order valence-corrected chi connectivity index (χ1v) is 11.0. The van der Waals surface area contributed by atoms with E-state index in [-0.39, 0.29) is 12.5 Å². The Morgan fingerprint density at radius 3 is 2.44 bits per heavy atom. The summed E-state index contributed by atoms with van der Waals surface area (Å²) in [6, 6.07) is 22.4. The van der Waals surface area contributed by atoms with Crippen molar-refractivity contribution >= 4 is 28.3 Å². The number of rotatable bonds is 7. The van der Waals surface area contributed by atoms with Gasteiger partial charge in [0.05, 0.1) is 11.0 Å². The number of aromatic nitrogens is 4. The van der Waals surface area contributed by atoms with Gasteiger partial charge in [-0.15, -0.1) is 10.2 Å². The summed E-state index contributed by atoms with van der Waals surface area (Å²) in [4.78, 5) is 16.9. The number of nitrogens with one attached hydrogen (secondary N) is 1. The Hall–Kier alpha value is -4.46. The van der Waals surface area contributed by atoms with Gasteiger partial charge in [-0.3, -0.25) is 9.20 Å². The van der Waals surface area contributed by atoms with Gasteiger partial charge in [0.15, 0.2) is 6.61 Å². The predicted molar refractivity (Wildman–Crippen MR) is 129 cm³/mol. The largest absolute Gasteiger partial charge is 0.484 e. The summed E-state index contributed by atoms with van der Waals surface area (Å²) in [5.74, 6) is 2.18. The highest BCUT2D eigenvalue weighted by atomic mass is 16.5. The van der Waals surface area contributed by atoms with Gasteiger partial charge in [-0.1, -0.05) is 36.8 Å². The van der Waals surface area contributed by atoms with Crippen molar-refractivity contribution in [1.82, 2.24) is 19.6 Å². The molecule has 0 saturated carbocycles. The molecule has 0 spiro atoms. The minimum atomic E-state index is -0.247. The van der Waals surface area contributed by atoms with E-state index in [1.807, 2.05) is 66.8 Å². The molecule has 0 atom stereocenters. The highest BCUT2D eigenvalue weighted by Gasteiger charge is 2.16. The monoisotopic (exact) mass is 453 g/mol. The zero-order valence-corrected chi connectivity index (χ0v) is 18.9. The lowest BCUT2D eigenvalue weighted by Crippen LogP contribution is -2.20. The van der Waals surface area contributed by atoms with Crippen molar-refractivity contribution in [1.29, 1.82) is 0 Å². The minimum Gasteiger partial charge on any atom is -0.484 e. The topological polar surface area (TPSA) is 90.6 Å². The number of ether oxygens (including phenoxy) is 2. The molecule has 3 aromatic carbocycles. The quantitative estimate of drug-likeness (QED) is 0.375. The van der Waals surface area contributed by atoms with E-state index in [1.165, 1.54) is 0 Å². The summed E-state index contributed by atoms with van der Waals surface area (Å²) < 4.78 is 13.6. The molecule has 0 saturated heterocycles. The average Bonchev–Trinajstić information content (AvgIpc) is 3.30. The highest BCUT2D eigenvalue weighted by Crippen LogP contribution is 2.28. The Morgan fingerprint density at radius 1 is 0.941 bits per heavy atom. The van der Waals surface area contributed by atoms with E-state index in [2.05, 4.69) is 20.5 Å². The first-order valence-electron chi connectivity index (χ1n) is 11.0. The number of anilines is 1. The summed E-state index contributed by atoms with van der Waals surface area (Å²) in [5, 5.41) is 11.4. The molecule has 0 radical (unpaired) electrons. The second-order valence-corrected chi connectivity index (χ2v) is 7.81. The van der Waals surface area contributed by atoms with Crippen LogP contribution in [0.15, 0.2) is 72.8 Å². The van der Waals surface area contributed by atoms with Crippen LogP contribution in [0.4, 0.5) is 5.69 Å². The number of hydrogen-bond donors (Lipinski definition) is 1. The summed E-state index contributed by atoms with van der Waals surface area (Å²) in [7, 11) is 0. The van der Waals surface area contributed by atoms with Gasteiger partial charge < -0.3 is 14.8 Å². The maximum atomic E-state index is 12.2. The van der Waals surface area contributed by atoms with Crippen LogP contribution in [0.2, 0.25) is 0 Å². The highest BCUT2D eigenvalue weighted by molar-refractivity contribution is 5.91. The van der Waals surface area contributed by atoms with Crippen molar-refractivity contribution in [2.75, 3.05) is 11.9 Å². The molecule has 34 heavy (non-hydrogen) atoms. The van der Waals surface area contributed by atoms with Crippen LogP contribution < -0.4 is 14.8 Å². The molecule has 0 unspecified atom stereocenters. The number of nitrogens with zero attached hydrogens (tertiary/aromatic N) is 4. The molecule has 0 aliphatic carbocycles. The molecule has 0 bridgehead atoms. The summed E-state index contributed by atoms with van der Waals surface area (Å²) in [6.07, 6.45) is 0.733. The van der Waals surface area contributed by atoms with Crippen LogP contribution in [-0.2, 0) is 11.2 Å². The van der Waals surface area contributed by atoms with Crippen LogP contribution in [-0.4, -0.2) is 32.1 Å². The van der Waals surface area contributed by atoms with E-state index in [0.717, 1.165) is 28.8 Å². The Bertz CT molecular complexity index is 1460. The van der Waals surface area contributed by atoms with Gasteiger partial charge in [0, 0.05) is 12.1 Å². The van der Waals surface area contributed by atoms with Crippen molar-refractivity contribution in [3.63, 3.8) is 0 Å². The molecule has 0 aliphatic heterocycles. The standard InChI is InChI=1S/C26H23N5O3/c1-3-23-29-30-25-26(28-21-6-4-5-7-22(21)31(23)25)34-20-14-10-18(11-15-20)27-24(32)16-33-19-12-8-17(2)9-13-19/h4-15H,3,16H2,1-2H3,(H,27,32). The van der Waals surface area contributed by atoms with Crippen LogP contribution in [0.3, 0.4) is 0 Å². The van der Waals surface area contributed by atoms with Gasteiger partial charge in [-0.25, -0.2) is 4.98 Å². The minimum absolute atomic E-state index is 0.0764. The normalized spacial score (nSPS) is 11.0. The maximum Gasteiger partial charge on any atom is 0.266 e. The van der Waals surface area contributed by atoms with Gasteiger partial charge in [-0.2, -0.15) is 0 Å². The Balaban J connectivity index is 1.30. The zero-order valence-electron chi connectivity index (χ0n) is 18.9. The Morgan fingerprint density at radius 2 is 1.68 bits per heavy atom. The van der Waals surface area contributed by atoms with Gasteiger partial charge in [-0.05, 0) is 55.5 Å². The summed E-state index contributed by atoms with van der Waals surface area (Å²) in [5.41, 5.74) is 4.04. The fourth-order valence-corrected chi connectivity index (χ4v) is 3.61. The zero-order chi connectivity index (χ0) is 23.5. The molecule has 2 heterocycles. The fraction of sp³-hybridized carbons (Fsp3) is 0.154. The molecule has 1 N–H and O–H groups in total. The van der Waals surface area contributed by atoms with Gasteiger partial charge in [0.25, 0.3) is 11.8 Å². The fourth-order valence-electron chi connectivity index (χ4n) is 3.61. The summed E-state index contributed by atoms with van der Waals surface area (Å²) >= 11 is 0. The van der Waals surface area contributed by atoms with Crippen molar-refractivity contribution in [2.45, 2.75) is 20.3 Å². The lowest BCUT2D eigenvalue weighted by atomic mass is 10.2. The van der Waals surface area contributed by atoms with E-state index in [9.17, 15) is 4.79 Å². The lowest BCUT2D eigenvalue weighted by Gasteiger charge is -2.10. The molecule has 170 valence electrons. The molecule has 8 nitrogen and oxygen atoms in total. The van der Waals surface area contributed by atoms with E-state index >= 15 is 0 Å². The van der Waals surface area contributed by atoms with Crippen LogP contribution in [0, 0.1) is 6.92 Å². The second kappa shape index (κ2) is 9.19. The third-order valence-corrected chi connectivity index (χ3v) is 5.33. The maximum absolute atomic E-state index is 12.2. The smallest absolute Gasteiger partial charge is 0.266 e. The molecular formula is C26H23N5O3. The van der Waals surface area contributed by atoms with Crippen molar-refractivity contribution in [3.8, 4) is 17.4 Å². The number of carbonyl (C=O) groups excluding carboxylic acids is 1.